The van der Waals surface area contributed by atoms with Crippen LogP contribution in [-0.4, -0.2) is 21.6 Å². The van der Waals surface area contributed by atoms with Gasteiger partial charge in [-0.05, 0) is 35.4 Å². The van der Waals surface area contributed by atoms with Crippen molar-refractivity contribution in [1.29, 1.82) is 0 Å². The van der Waals surface area contributed by atoms with Crippen molar-refractivity contribution in [2.24, 2.45) is 0 Å². The van der Waals surface area contributed by atoms with Gasteiger partial charge in [-0.1, -0.05) is 30.3 Å². The van der Waals surface area contributed by atoms with Crippen LogP contribution in [0.5, 0.6) is 0 Å². The zero-order valence-electron chi connectivity index (χ0n) is 15.7. The molecule has 150 valence electrons. The summed E-state index contributed by atoms with van der Waals surface area (Å²) in [6.45, 7) is 0.0244. The first kappa shape index (κ1) is 19.7. The highest BCUT2D eigenvalue weighted by Gasteiger charge is 2.39. The van der Waals surface area contributed by atoms with Gasteiger partial charge in [0.2, 0.25) is 0 Å². The number of carbonyl (C=O) groups excluding carboxylic acids is 2. The fourth-order valence-electron chi connectivity index (χ4n) is 3.12. The minimum absolute atomic E-state index is 0.0244. The lowest BCUT2D eigenvalue weighted by atomic mass is 10.1. The van der Waals surface area contributed by atoms with Gasteiger partial charge in [-0.2, -0.15) is 0 Å². The maximum Gasteiger partial charge on any atom is 0.269 e. The molecule has 2 amide bonds. The molecule has 1 aliphatic heterocycles. The van der Waals surface area contributed by atoms with Crippen molar-refractivity contribution < 1.29 is 18.9 Å². The predicted octanol–water partition coefficient (Wildman–Crippen LogP) is 4.40. The highest BCUT2D eigenvalue weighted by atomic mass is 32.2. The lowest BCUT2D eigenvalue weighted by Gasteiger charge is -2.13. The topological polar surface area (TPSA) is 93.7 Å². The molecule has 3 aromatic rings. The number of nitro benzene ring substituents is 1. The van der Waals surface area contributed by atoms with Crippen molar-refractivity contribution in [2.75, 3.05) is 0 Å². The molecule has 0 saturated heterocycles. The van der Waals surface area contributed by atoms with Crippen LogP contribution in [0.4, 0.5) is 5.69 Å². The van der Waals surface area contributed by atoms with E-state index in [-0.39, 0.29) is 17.8 Å². The largest absolute Gasteiger partial charge is 0.467 e. The van der Waals surface area contributed by atoms with Crippen molar-refractivity contribution in [1.82, 2.24) is 4.90 Å². The predicted molar refractivity (Wildman–Crippen MR) is 112 cm³/mol. The Labute approximate surface area is 176 Å². The van der Waals surface area contributed by atoms with E-state index in [0.29, 0.717) is 22.0 Å². The van der Waals surface area contributed by atoms with E-state index in [1.54, 1.807) is 12.1 Å². The Balaban J connectivity index is 1.68. The molecule has 1 aliphatic rings. The summed E-state index contributed by atoms with van der Waals surface area (Å²) in [6, 6.07) is 18.7. The van der Waals surface area contributed by atoms with Crippen molar-refractivity contribution in [2.45, 2.75) is 12.3 Å². The molecule has 30 heavy (non-hydrogen) atoms. The van der Waals surface area contributed by atoms with Gasteiger partial charge in [0.15, 0.2) is 0 Å². The molecule has 0 spiro atoms. The van der Waals surface area contributed by atoms with Crippen LogP contribution in [0.15, 0.2) is 82.3 Å². The van der Waals surface area contributed by atoms with Gasteiger partial charge in [-0.15, -0.1) is 11.8 Å². The smallest absolute Gasteiger partial charge is 0.269 e. The number of imide groups is 1. The number of furan rings is 1. The summed E-state index contributed by atoms with van der Waals surface area (Å²) in [5.41, 5.74) is 1.66. The van der Waals surface area contributed by atoms with E-state index in [0.717, 1.165) is 10.5 Å². The van der Waals surface area contributed by atoms with Crippen LogP contribution in [0.3, 0.4) is 0 Å². The average Bonchev–Trinajstić information content (AvgIpc) is 3.35. The van der Waals surface area contributed by atoms with E-state index in [2.05, 4.69) is 0 Å². The van der Waals surface area contributed by atoms with Crippen molar-refractivity contribution >= 4 is 34.8 Å². The van der Waals surface area contributed by atoms with E-state index in [4.69, 9.17) is 4.42 Å². The third-order valence-corrected chi connectivity index (χ3v) is 5.76. The van der Waals surface area contributed by atoms with Gasteiger partial charge in [0.05, 0.1) is 28.2 Å². The third kappa shape index (κ3) is 3.90. The zero-order chi connectivity index (χ0) is 21.1. The summed E-state index contributed by atoms with van der Waals surface area (Å²) in [5.74, 6) is 0.167. The first-order valence-electron chi connectivity index (χ1n) is 9.09. The van der Waals surface area contributed by atoms with Crippen LogP contribution in [0.2, 0.25) is 0 Å². The minimum atomic E-state index is -0.506. The number of rotatable bonds is 7. The monoisotopic (exact) mass is 420 g/mol. The van der Waals surface area contributed by atoms with Gasteiger partial charge in [-0.3, -0.25) is 24.6 Å². The third-order valence-electron chi connectivity index (χ3n) is 4.61. The Bertz CT molecular complexity index is 1120. The van der Waals surface area contributed by atoms with Gasteiger partial charge in [0.25, 0.3) is 17.5 Å². The first-order valence-corrected chi connectivity index (χ1v) is 10.1. The average molecular weight is 420 g/mol. The Kier molecular flexibility index (Phi) is 5.49. The molecular formula is C22H16N2O5S. The molecular weight excluding hydrogens is 404 g/mol. The normalized spacial score (nSPS) is 13.9. The number of benzene rings is 2. The molecule has 0 saturated carbocycles. The maximum atomic E-state index is 13.1. The van der Waals surface area contributed by atoms with Crippen LogP contribution in [0, 0.1) is 10.1 Å². The minimum Gasteiger partial charge on any atom is -0.467 e. The summed E-state index contributed by atoms with van der Waals surface area (Å²) < 4.78 is 5.29. The molecule has 7 nitrogen and oxygen atoms in total. The van der Waals surface area contributed by atoms with Crippen molar-refractivity contribution in [3.8, 4) is 0 Å². The number of nitrogens with zero attached hydrogens (tertiary/aromatic N) is 2. The first-order chi connectivity index (χ1) is 14.5. The Morgan fingerprint density at radius 1 is 0.933 bits per heavy atom. The summed E-state index contributed by atoms with van der Waals surface area (Å²) in [6.07, 6.45) is 1.48. The molecule has 0 N–H and O–H groups in total. The lowest BCUT2D eigenvalue weighted by molar-refractivity contribution is -0.384. The number of thioether (sulfide) groups is 1. The highest BCUT2D eigenvalue weighted by molar-refractivity contribution is 8.03. The second-order valence-corrected chi connectivity index (χ2v) is 7.54. The summed E-state index contributed by atoms with van der Waals surface area (Å²) in [7, 11) is 0. The molecule has 8 heteroatoms. The molecule has 0 atom stereocenters. The van der Waals surface area contributed by atoms with E-state index in [1.807, 2.05) is 30.3 Å². The second kappa shape index (κ2) is 8.38. The molecule has 0 unspecified atom stereocenters. The molecule has 1 aromatic heterocycles. The van der Waals surface area contributed by atoms with Crippen molar-refractivity contribution in [3.63, 3.8) is 0 Å². The van der Waals surface area contributed by atoms with Gasteiger partial charge >= 0.3 is 0 Å². The lowest BCUT2D eigenvalue weighted by Crippen LogP contribution is -2.30. The van der Waals surface area contributed by atoms with E-state index in [9.17, 15) is 19.7 Å². The SMILES string of the molecule is O=C1C(SCc2ccccc2)=C(c2ccc([N+](=O)[O-])cc2)C(=O)N1Cc1ccco1. The number of carbonyl (C=O) groups is 2. The molecule has 2 heterocycles. The Hall–Kier alpha value is -3.65. The number of nitro groups is 1. The Morgan fingerprint density at radius 3 is 2.30 bits per heavy atom. The zero-order valence-corrected chi connectivity index (χ0v) is 16.5. The van der Waals surface area contributed by atoms with Gasteiger partial charge in [0, 0.05) is 17.9 Å². The molecule has 0 radical (unpaired) electrons. The van der Waals surface area contributed by atoms with Crippen LogP contribution in [-0.2, 0) is 21.9 Å². The summed E-state index contributed by atoms with van der Waals surface area (Å²) in [4.78, 5) is 38.2. The van der Waals surface area contributed by atoms with Crippen LogP contribution < -0.4 is 0 Å². The quantitative estimate of drug-likeness (QED) is 0.319. The summed E-state index contributed by atoms with van der Waals surface area (Å²) >= 11 is 1.28. The van der Waals surface area contributed by atoms with E-state index < -0.39 is 16.7 Å². The fraction of sp³-hybridized carbons (Fsp3) is 0.0909. The molecule has 0 aliphatic carbocycles. The van der Waals surface area contributed by atoms with Crippen LogP contribution in [0.25, 0.3) is 5.57 Å². The molecule has 2 aromatic carbocycles. The Morgan fingerprint density at radius 2 is 1.67 bits per heavy atom. The van der Waals surface area contributed by atoms with Crippen LogP contribution in [0.1, 0.15) is 16.9 Å². The van der Waals surface area contributed by atoms with Gasteiger partial charge < -0.3 is 4.42 Å². The van der Waals surface area contributed by atoms with E-state index in [1.165, 1.54) is 42.3 Å². The maximum absolute atomic E-state index is 13.1. The van der Waals surface area contributed by atoms with Crippen LogP contribution >= 0.6 is 11.8 Å². The summed E-state index contributed by atoms with van der Waals surface area (Å²) in [5, 5.41) is 11.0. The molecule has 4 rings (SSSR count). The number of hydrogen-bond acceptors (Lipinski definition) is 6. The van der Waals surface area contributed by atoms with E-state index >= 15 is 0 Å². The van der Waals surface area contributed by atoms with Gasteiger partial charge in [-0.25, -0.2) is 0 Å². The fourth-order valence-corrected chi connectivity index (χ4v) is 4.21. The number of non-ortho nitro benzene ring substituents is 1. The number of hydrogen-bond donors (Lipinski definition) is 0. The molecule has 0 bridgehead atoms. The van der Waals surface area contributed by atoms with Gasteiger partial charge in [0.1, 0.15) is 5.76 Å². The number of amides is 2. The standard InChI is InChI=1S/C22H16N2O5S/c25-21-19(16-8-10-17(11-9-16)24(27)28)20(30-14-15-5-2-1-3-6-15)22(26)23(21)13-18-7-4-12-29-18/h1-12H,13-14H2. The van der Waals surface area contributed by atoms with Crippen molar-refractivity contribution in [3.05, 3.63) is 105 Å². The second-order valence-electron chi connectivity index (χ2n) is 6.56. The highest BCUT2D eigenvalue weighted by Crippen LogP contribution is 2.38. The molecule has 0 fully saturated rings.